The van der Waals surface area contributed by atoms with Crippen molar-refractivity contribution in [2.75, 3.05) is 24.7 Å². The molecule has 2 amide bonds. The van der Waals surface area contributed by atoms with Crippen molar-refractivity contribution >= 4 is 41.7 Å². The summed E-state index contributed by atoms with van der Waals surface area (Å²) in [4.78, 5) is 25.4. The molecule has 0 saturated carbocycles. The average molecular weight is 424 g/mol. The van der Waals surface area contributed by atoms with Gasteiger partial charge in [-0.3, -0.25) is 9.59 Å². The third-order valence-corrected chi connectivity index (χ3v) is 4.62. The second kappa shape index (κ2) is 10.9. The third kappa shape index (κ3) is 7.80. The van der Waals surface area contributed by atoms with E-state index < -0.39 is 5.54 Å². The highest BCUT2D eigenvalue weighted by molar-refractivity contribution is 8.00. The zero-order chi connectivity index (χ0) is 19.9. The number of methoxy groups -OCH3 is 1. The summed E-state index contributed by atoms with van der Waals surface area (Å²) in [6.07, 6.45) is 0. The highest BCUT2D eigenvalue weighted by Crippen LogP contribution is 2.23. The van der Waals surface area contributed by atoms with Gasteiger partial charge in [-0.2, -0.15) is 0 Å². The summed E-state index contributed by atoms with van der Waals surface area (Å²) in [7, 11) is 1.57. The zero-order valence-electron chi connectivity index (χ0n) is 16.2. The number of rotatable bonds is 8. The van der Waals surface area contributed by atoms with Crippen molar-refractivity contribution in [3.05, 3.63) is 54.1 Å². The minimum Gasteiger partial charge on any atom is -0.497 e. The molecule has 0 aliphatic rings. The Kier molecular flexibility index (Phi) is 9.31. The van der Waals surface area contributed by atoms with E-state index in [0.29, 0.717) is 23.5 Å². The summed E-state index contributed by atoms with van der Waals surface area (Å²) in [5.74, 6) is 0.492. The van der Waals surface area contributed by atoms with Crippen LogP contribution in [0.5, 0.6) is 5.75 Å². The quantitative estimate of drug-likeness (QED) is 0.566. The maximum Gasteiger partial charge on any atom is 0.252 e. The van der Waals surface area contributed by atoms with Crippen LogP contribution in [0.3, 0.4) is 0 Å². The lowest BCUT2D eigenvalue weighted by Crippen LogP contribution is -2.45. The van der Waals surface area contributed by atoms with Crippen LogP contribution in [0.4, 0.5) is 5.69 Å². The Labute approximate surface area is 176 Å². The van der Waals surface area contributed by atoms with Gasteiger partial charge in [0.1, 0.15) is 5.75 Å². The van der Waals surface area contributed by atoms with Gasteiger partial charge >= 0.3 is 0 Å². The molecule has 0 aromatic heterocycles. The van der Waals surface area contributed by atoms with Crippen LogP contribution in [0.25, 0.3) is 0 Å². The fourth-order valence-corrected chi connectivity index (χ4v) is 3.07. The van der Waals surface area contributed by atoms with Gasteiger partial charge in [-0.15, -0.1) is 24.2 Å². The van der Waals surface area contributed by atoms with E-state index in [4.69, 9.17) is 10.5 Å². The highest BCUT2D eigenvalue weighted by atomic mass is 35.5. The molecule has 0 spiro atoms. The van der Waals surface area contributed by atoms with Crippen molar-refractivity contribution in [2.24, 2.45) is 5.73 Å². The molecule has 2 rings (SSSR count). The van der Waals surface area contributed by atoms with Crippen LogP contribution in [0, 0.1) is 0 Å². The molecule has 0 radical (unpaired) electrons. The number of benzene rings is 2. The maximum atomic E-state index is 12.4. The molecule has 2 aromatic rings. The molecule has 0 atom stereocenters. The maximum absolute atomic E-state index is 12.4. The molecule has 0 saturated heterocycles. The Balaban J connectivity index is 0.00000392. The molecular formula is C20H26ClN3O3S. The van der Waals surface area contributed by atoms with E-state index in [9.17, 15) is 9.59 Å². The first-order valence-corrected chi connectivity index (χ1v) is 9.50. The van der Waals surface area contributed by atoms with Crippen molar-refractivity contribution in [1.29, 1.82) is 0 Å². The number of hydrogen-bond donors (Lipinski definition) is 3. The minimum atomic E-state index is -0.492. The Morgan fingerprint density at radius 1 is 1.14 bits per heavy atom. The Hall–Kier alpha value is -2.22. The number of nitrogens with two attached hydrogens (primary N) is 1. The molecule has 0 aliphatic heterocycles. The van der Waals surface area contributed by atoms with Gasteiger partial charge in [-0.1, -0.05) is 18.2 Å². The minimum absolute atomic E-state index is 0. The molecule has 0 unspecified atom stereocenters. The number of carbonyl (C=O) groups is 2. The predicted octanol–water partition coefficient (Wildman–Crippen LogP) is 3.31. The van der Waals surface area contributed by atoms with Crippen LogP contribution in [-0.2, 0) is 4.79 Å². The first-order valence-electron chi connectivity index (χ1n) is 8.51. The lowest BCUT2D eigenvalue weighted by molar-refractivity contribution is -0.113. The number of ether oxygens (including phenoxy) is 1. The normalized spacial score (nSPS) is 10.6. The number of nitrogens with one attached hydrogen (secondary N) is 2. The topological polar surface area (TPSA) is 93.4 Å². The van der Waals surface area contributed by atoms with Gasteiger partial charge in [-0.25, -0.2) is 0 Å². The highest BCUT2D eigenvalue weighted by Gasteiger charge is 2.16. The van der Waals surface area contributed by atoms with Gasteiger partial charge in [-0.05, 0) is 38.1 Å². The summed E-state index contributed by atoms with van der Waals surface area (Å²) in [6, 6.07) is 14.4. The molecule has 0 fully saturated rings. The van der Waals surface area contributed by atoms with Gasteiger partial charge < -0.3 is 21.1 Å². The Morgan fingerprint density at radius 2 is 1.86 bits per heavy atom. The number of amides is 2. The smallest absolute Gasteiger partial charge is 0.252 e. The van der Waals surface area contributed by atoms with E-state index in [0.717, 1.165) is 4.90 Å². The lowest BCUT2D eigenvalue weighted by Gasteiger charge is -2.19. The summed E-state index contributed by atoms with van der Waals surface area (Å²) in [5, 5.41) is 5.65. The number of carbonyl (C=O) groups excluding carboxylic acids is 2. The molecule has 6 nitrogen and oxygen atoms in total. The summed E-state index contributed by atoms with van der Waals surface area (Å²) in [5.41, 5.74) is 6.61. The third-order valence-electron chi connectivity index (χ3n) is 3.55. The van der Waals surface area contributed by atoms with Crippen LogP contribution in [0.15, 0.2) is 53.4 Å². The van der Waals surface area contributed by atoms with E-state index in [1.54, 1.807) is 37.4 Å². The largest absolute Gasteiger partial charge is 0.497 e. The van der Waals surface area contributed by atoms with Crippen molar-refractivity contribution in [3.8, 4) is 5.75 Å². The monoisotopic (exact) mass is 423 g/mol. The summed E-state index contributed by atoms with van der Waals surface area (Å²) < 4.78 is 5.14. The van der Waals surface area contributed by atoms with Gasteiger partial charge in [0, 0.05) is 28.7 Å². The van der Waals surface area contributed by atoms with E-state index in [-0.39, 0.29) is 30.0 Å². The van der Waals surface area contributed by atoms with Crippen molar-refractivity contribution in [3.63, 3.8) is 0 Å². The summed E-state index contributed by atoms with van der Waals surface area (Å²) in [6.45, 7) is 4.05. The van der Waals surface area contributed by atoms with Crippen molar-refractivity contribution < 1.29 is 14.3 Å². The van der Waals surface area contributed by atoms with Crippen LogP contribution in [0.2, 0.25) is 0 Å². The van der Waals surface area contributed by atoms with Gasteiger partial charge in [0.2, 0.25) is 5.91 Å². The van der Waals surface area contributed by atoms with Crippen molar-refractivity contribution in [2.45, 2.75) is 24.3 Å². The molecule has 8 heteroatoms. The lowest BCUT2D eigenvalue weighted by atomic mass is 10.1. The second-order valence-electron chi connectivity index (χ2n) is 6.74. The number of halogens is 1. The molecule has 0 aliphatic carbocycles. The van der Waals surface area contributed by atoms with E-state index in [2.05, 4.69) is 10.6 Å². The second-order valence-corrected chi connectivity index (χ2v) is 7.75. The fraction of sp³-hybridized carbons (Fsp3) is 0.300. The molecule has 152 valence electrons. The molecular weight excluding hydrogens is 398 g/mol. The van der Waals surface area contributed by atoms with Crippen LogP contribution < -0.4 is 21.1 Å². The number of hydrogen-bond acceptors (Lipinski definition) is 5. The van der Waals surface area contributed by atoms with Gasteiger partial charge in [0.05, 0.1) is 18.4 Å². The van der Waals surface area contributed by atoms with E-state index in [1.165, 1.54) is 11.8 Å². The first-order chi connectivity index (χ1) is 12.8. The van der Waals surface area contributed by atoms with Gasteiger partial charge in [0.15, 0.2) is 0 Å². The van der Waals surface area contributed by atoms with Crippen LogP contribution >= 0.6 is 24.2 Å². The zero-order valence-corrected chi connectivity index (χ0v) is 17.8. The molecule has 28 heavy (non-hydrogen) atoms. The molecule has 4 N–H and O–H groups in total. The Morgan fingerprint density at radius 3 is 2.54 bits per heavy atom. The van der Waals surface area contributed by atoms with E-state index in [1.807, 2.05) is 32.0 Å². The SMILES string of the molecule is COc1cccc(NC(=O)CSc2ccccc2C(=O)NCC(C)(C)N)c1.Cl. The van der Waals surface area contributed by atoms with Crippen LogP contribution in [0.1, 0.15) is 24.2 Å². The molecule has 0 bridgehead atoms. The summed E-state index contributed by atoms with van der Waals surface area (Å²) >= 11 is 1.31. The number of anilines is 1. The van der Waals surface area contributed by atoms with Gasteiger partial charge in [0.25, 0.3) is 5.91 Å². The molecule has 0 heterocycles. The first kappa shape index (κ1) is 23.8. The number of thioether (sulfide) groups is 1. The fourth-order valence-electron chi connectivity index (χ4n) is 2.22. The predicted molar refractivity (Wildman–Crippen MR) is 117 cm³/mol. The standard InChI is InChI=1S/C20H25N3O3S.ClH/c1-20(2,21)13-22-19(25)16-9-4-5-10-17(16)27-12-18(24)23-14-7-6-8-15(11-14)26-3;/h4-11H,12-13,21H2,1-3H3,(H,22,25)(H,23,24);1H. The van der Waals surface area contributed by atoms with Crippen LogP contribution in [-0.4, -0.2) is 36.8 Å². The van der Waals surface area contributed by atoms with E-state index >= 15 is 0 Å². The Bertz CT molecular complexity index is 809. The molecule has 2 aromatic carbocycles. The average Bonchev–Trinajstić information content (AvgIpc) is 2.64. The van der Waals surface area contributed by atoms with Crippen molar-refractivity contribution in [1.82, 2.24) is 5.32 Å².